The SMILES string of the molecule is [2H]c1c([2H])c(C([2H])([2H])[2H])c([2H])c([2H])c1-c1ccnc(-c2[c-]c(-c3cccc4c3nc(-c3cc(C([2H])(C)C)cc(C([2H])(C)C)c3O)n4-c3ccc(-c4c(C([2H])(C)C)cccc4C([2H])(C)C)cc3)cc(C(C)(C)C)c2)c1.[Pt]. The first-order valence-electron chi connectivity index (χ1n) is 26.9. The molecule has 0 fully saturated rings. The van der Waals surface area contributed by atoms with E-state index < -0.39 is 65.6 Å². The van der Waals surface area contributed by atoms with Crippen molar-refractivity contribution < 1.29 is 41.3 Å². The largest absolute Gasteiger partial charge is 0.507 e. The minimum atomic E-state index is -2.85. The number of rotatable bonds is 10. The van der Waals surface area contributed by atoms with Crippen molar-refractivity contribution in [1.82, 2.24) is 14.5 Å². The number of fused-ring (bicyclic) bond motifs is 1. The Morgan fingerprint density at radius 2 is 1.31 bits per heavy atom. The van der Waals surface area contributed by atoms with Crippen molar-refractivity contribution >= 4 is 11.0 Å². The molecule has 0 saturated carbocycles. The fourth-order valence-electron chi connectivity index (χ4n) is 8.18. The molecule has 5 heteroatoms. The summed E-state index contributed by atoms with van der Waals surface area (Å²) in [5.41, 5.74) is 8.87. The van der Waals surface area contributed by atoms with Crippen LogP contribution in [-0.4, -0.2) is 19.6 Å². The molecule has 0 bridgehead atoms. The Morgan fingerprint density at radius 1 is 0.672 bits per heavy atom. The first-order valence-corrected chi connectivity index (χ1v) is 21.4. The van der Waals surface area contributed by atoms with Crippen LogP contribution in [0.2, 0.25) is 0 Å². The zero-order valence-corrected chi connectivity index (χ0v) is 40.7. The normalized spacial score (nSPS) is 15.3. The van der Waals surface area contributed by atoms with Crippen molar-refractivity contribution in [2.75, 3.05) is 0 Å². The van der Waals surface area contributed by atoms with Gasteiger partial charge < -0.3 is 5.11 Å². The van der Waals surface area contributed by atoms with Gasteiger partial charge in [-0.2, -0.15) is 0 Å². The van der Waals surface area contributed by atoms with Crippen molar-refractivity contribution in [1.29, 1.82) is 0 Å². The van der Waals surface area contributed by atoms with E-state index in [-0.39, 0.29) is 32.4 Å². The Labute approximate surface area is 411 Å². The quantitative estimate of drug-likeness (QED) is 0.139. The molecule has 8 aromatic rings. The number of phenolic OH excluding ortho intramolecular Hbond substituents is 1. The number of benzene rings is 6. The molecule has 0 amide bonds. The van der Waals surface area contributed by atoms with Gasteiger partial charge >= 0.3 is 0 Å². The van der Waals surface area contributed by atoms with E-state index >= 15 is 0 Å². The van der Waals surface area contributed by atoms with Crippen molar-refractivity contribution in [3.05, 3.63) is 167 Å². The van der Waals surface area contributed by atoms with Gasteiger partial charge in [0.15, 0.2) is 0 Å². The van der Waals surface area contributed by atoms with Crippen LogP contribution in [0.25, 0.3) is 72.7 Å². The zero-order valence-electron chi connectivity index (χ0n) is 49.4. The molecule has 8 rings (SSSR count). The summed E-state index contributed by atoms with van der Waals surface area (Å²) in [5, 5.41) is 12.3. The number of aromatic nitrogens is 3. The summed E-state index contributed by atoms with van der Waals surface area (Å²) in [4.78, 5) is 10.1. The number of hydrogen-bond donors (Lipinski definition) is 1. The van der Waals surface area contributed by atoms with E-state index in [9.17, 15) is 5.11 Å². The molecule has 6 aromatic carbocycles. The fraction of sp³-hybridized carbons (Fsp3) is 0.288. The van der Waals surface area contributed by atoms with Gasteiger partial charge in [-0.15, -0.1) is 29.3 Å². The third kappa shape index (κ3) is 9.05. The number of aromatic hydroxyl groups is 1. The molecule has 0 atom stereocenters. The number of nitrogens with zero attached hydrogens (tertiary/aromatic N) is 3. The van der Waals surface area contributed by atoms with E-state index in [1.165, 1.54) is 6.20 Å². The monoisotopic (exact) mass is 1030 g/mol. The van der Waals surface area contributed by atoms with E-state index in [0.29, 0.717) is 67.2 Å². The Balaban J connectivity index is 0.00000820. The molecule has 0 saturated heterocycles. The summed E-state index contributed by atoms with van der Waals surface area (Å²) in [5.74, 6) is -4.08. The third-order valence-corrected chi connectivity index (χ3v) is 11.7. The predicted octanol–water partition coefficient (Wildman–Crippen LogP) is 16.4. The van der Waals surface area contributed by atoms with Crippen LogP contribution in [0.5, 0.6) is 5.75 Å². The van der Waals surface area contributed by atoms with Crippen molar-refractivity contribution in [3.8, 4) is 67.5 Å². The Bertz CT molecular complexity index is 3450. The Hall–Kier alpha value is -5.57. The topological polar surface area (TPSA) is 50.9 Å². The van der Waals surface area contributed by atoms with Gasteiger partial charge in [-0.1, -0.05) is 172 Å². The second kappa shape index (κ2) is 18.5. The number of phenols is 1. The number of pyridine rings is 1. The molecule has 0 unspecified atom stereocenters. The summed E-state index contributed by atoms with van der Waals surface area (Å²) in [7, 11) is 0. The molecule has 1 N–H and O–H groups in total. The number of imidazole rings is 1. The fourth-order valence-corrected chi connectivity index (χ4v) is 8.18. The standard InChI is InChI=1S/C59H62N3O.Pt/c1-35(2)43-32-51(38(7)8)57(63)52(33-43)58-61-56-50(44-29-45(31-46(30-44)59(10,11)12)53-34-42(27-28-60-53)40-21-19-39(9)20-22-40)17-14-18-54(56)62(58)47-25-23-41(24-26-47)55-48(36(3)4)15-13-16-49(55)37(5)6;/h13-28,30-38,63H,1-12H3;/q-1;/i9D3,19D,20D,21D,22D,35D,36D,37D,38D;. The van der Waals surface area contributed by atoms with Gasteiger partial charge in [-0.05, 0) is 111 Å². The van der Waals surface area contributed by atoms with Gasteiger partial charge in [-0.3, -0.25) is 9.55 Å². The molecule has 0 aliphatic heterocycles. The molecule has 2 aromatic heterocycles. The Kier molecular flexibility index (Phi) is 9.79. The van der Waals surface area contributed by atoms with Crippen LogP contribution < -0.4 is 0 Å². The van der Waals surface area contributed by atoms with Crippen molar-refractivity contribution in [2.24, 2.45) is 0 Å². The summed E-state index contributed by atoms with van der Waals surface area (Å²) in [6, 6.07) is 31.6. The van der Waals surface area contributed by atoms with Crippen molar-refractivity contribution in [3.63, 3.8) is 0 Å². The maximum atomic E-state index is 12.3. The number of hydrogen-bond acceptors (Lipinski definition) is 3. The average molecular weight is 1040 g/mol. The van der Waals surface area contributed by atoms with E-state index in [1.807, 2.05) is 105 Å². The predicted molar refractivity (Wildman–Crippen MR) is 266 cm³/mol. The molecular formula is C59H62N3OPt-. The molecular weight excluding hydrogens is 962 g/mol. The molecule has 4 nitrogen and oxygen atoms in total. The Morgan fingerprint density at radius 3 is 1.92 bits per heavy atom. The van der Waals surface area contributed by atoms with Crippen LogP contribution in [0.1, 0.15) is 148 Å². The zero-order chi connectivity index (χ0) is 54.6. The van der Waals surface area contributed by atoms with Crippen LogP contribution >= 0.6 is 0 Å². The van der Waals surface area contributed by atoms with E-state index in [1.54, 1.807) is 52.0 Å². The molecule has 0 radical (unpaired) electrons. The first kappa shape index (κ1) is 33.9. The van der Waals surface area contributed by atoms with Crippen LogP contribution in [0.4, 0.5) is 0 Å². The second-order valence-corrected chi connectivity index (χ2v) is 18.3. The van der Waals surface area contributed by atoms with Gasteiger partial charge in [0.1, 0.15) is 11.6 Å². The third-order valence-electron chi connectivity index (χ3n) is 11.7. The minimum absolute atomic E-state index is 0. The van der Waals surface area contributed by atoms with Crippen LogP contribution in [-0.2, 0) is 26.5 Å². The molecule has 0 aliphatic rings. The van der Waals surface area contributed by atoms with Crippen LogP contribution in [0.15, 0.2) is 127 Å². The van der Waals surface area contributed by atoms with E-state index in [2.05, 4.69) is 26.8 Å². The molecule has 64 heavy (non-hydrogen) atoms. The summed E-state index contributed by atoms with van der Waals surface area (Å²) < 4.78 is 97.0. The number of para-hydroxylation sites is 1. The maximum absolute atomic E-state index is 12.3. The van der Waals surface area contributed by atoms with Gasteiger partial charge in [-0.25, -0.2) is 4.98 Å². The molecule has 0 aliphatic carbocycles. The average Bonchev–Trinajstić information content (AvgIpc) is 3.68. The van der Waals surface area contributed by atoms with Crippen molar-refractivity contribution in [2.45, 2.75) is 112 Å². The molecule has 330 valence electrons. The van der Waals surface area contributed by atoms with E-state index in [0.717, 1.165) is 27.8 Å². The van der Waals surface area contributed by atoms with E-state index in [4.69, 9.17) is 25.0 Å². The van der Waals surface area contributed by atoms with Gasteiger partial charge in [0.05, 0.1) is 22.1 Å². The molecule has 0 spiro atoms. The first-order chi connectivity index (χ1) is 34.1. The van der Waals surface area contributed by atoms with Gasteiger partial charge in [0.25, 0.3) is 0 Å². The van der Waals surface area contributed by atoms with Gasteiger partial charge in [0.2, 0.25) is 0 Å². The van der Waals surface area contributed by atoms with Crippen LogP contribution in [0, 0.1) is 12.9 Å². The summed E-state index contributed by atoms with van der Waals surface area (Å²) >= 11 is 0. The maximum Gasteiger partial charge on any atom is 0.148 e. The smallest absolute Gasteiger partial charge is 0.148 e. The summed E-state index contributed by atoms with van der Waals surface area (Å²) in [6.07, 6.45) is 1.51. The minimum Gasteiger partial charge on any atom is -0.507 e. The van der Waals surface area contributed by atoms with Crippen LogP contribution in [0.3, 0.4) is 0 Å². The second-order valence-electron chi connectivity index (χ2n) is 18.3. The molecule has 2 heterocycles. The van der Waals surface area contributed by atoms with Gasteiger partial charge in [0, 0.05) is 48.2 Å². The summed E-state index contributed by atoms with van der Waals surface area (Å²) in [6.45, 7) is 17.7.